The maximum Gasteiger partial charge on any atom is 0.154 e. The molecule has 1 heterocycles. The number of rotatable bonds is 0. The van der Waals surface area contributed by atoms with Gasteiger partial charge in [-0.1, -0.05) is 11.6 Å². The second-order valence-electron chi connectivity index (χ2n) is 1.35. The van der Waals surface area contributed by atoms with E-state index < -0.39 is 0 Å². The fourth-order valence-corrected chi connectivity index (χ4v) is 0.447. The Morgan fingerprint density at radius 2 is 2.38 bits per heavy atom. The quantitative estimate of drug-likeness (QED) is 0.525. The number of nitrogens with zero attached hydrogens (tertiary/aromatic N) is 2. The Hall–Kier alpha value is -0.630. The number of halogens is 1. The molecule has 1 aromatic rings. The Morgan fingerprint density at radius 3 is 2.75 bits per heavy atom. The Bertz CT molecular complexity index is 167. The van der Waals surface area contributed by atoms with Crippen LogP contribution in [-0.2, 0) is 0 Å². The molecule has 0 saturated heterocycles. The topological polar surface area (TPSA) is 25.8 Å². The van der Waals surface area contributed by atoms with Crippen molar-refractivity contribution in [2.75, 3.05) is 0 Å². The summed E-state index contributed by atoms with van der Waals surface area (Å²) in [7, 11) is 0. The van der Waals surface area contributed by atoms with E-state index in [9.17, 15) is 0 Å². The Morgan fingerprint density at radius 1 is 1.62 bits per heavy atom. The van der Waals surface area contributed by atoms with E-state index in [0.717, 1.165) is 0 Å². The zero-order valence-electron chi connectivity index (χ0n) is 4.13. The molecular formula is C5H4ClN2. The van der Waals surface area contributed by atoms with Gasteiger partial charge in [0, 0.05) is 6.20 Å². The molecule has 0 spiro atoms. The van der Waals surface area contributed by atoms with Gasteiger partial charge in [0.15, 0.2) is 5.15 Å². The summed E-state index contributed by atoms with van der Waals surface area (Å²) in [5.41, 5.74) is 0.710. The zero-order chi connectivity index (χ0) is 5.98. The molecule has 0 atom stereocenters. The average molecular weight is 128 g/mol. The van der Waals surface area contributed by atoms with Crippen LogP contribution in [0.5, 0.6) is 0 Å². The first-order chi connectivity index (χ1) is 3.80. The van der Waals surface area contributed by atoms with Crippen LogP contribution < -0.4 is 0 Å². The third kappa shape index (κ3) is 0.954. The molecular weight excluding hydrogens is 124 g/mol. The summed E-state index contributed by atoms with van der Waals surface area (Å²) in [6.45, 7) is 3.59. The van der Waals surface area contributed by atoms with Crippen molar-refractivity contribution in [1.29, 1.82) is 0 Å². The maximum atomic E-state index is 5.47. The largest absolute Gasteiger partial charge is 0.158 e. The second kappa shape index (κ2) is 2.09. The van der Waals surface area contributed by atoms with E-state index in [4.69, 9.17) is 11.6 Å². The summed E-state index contributed by atoms with van der Waals surface area (Å²) in [5, 5.41) is 7.42. The standard InChI is InChI=1S/C5H4ClN2/c1-4-2-3-7-8-5(4)6/h2-3H,1H2. The van der Waals surface area contributed by atoms with E-state index in [-0.39, 0.29) is 0 Å². The molecule has 0 amide bonds. The van der Waals surface area contributed by atoms with Gasteiger partial charge in [0.05, 0.1) is 0 Å². The Labute approximate surface area is 52.5 Å². The lowest BCUT2D eigenvalue weighted by atomic mass is 10.4. The third-order valence-electron chi connectivity index (χ3n) is 0.753. The first-order valence-electron chi connectivity index (χ1n) is 2.10. The van der Waals surface area contributed by atoms with Crippen LogP contribution in [0.1, 0.15) is 5.56 Å². The number of hydrogen-bond donors (Lipinski definition) is 0. The Balaban J connectivity index is 3.13. The highest BCUT2D eigenvalue weighted by Gasteiger charge is 1.90. The average Bonchev–Trinajstić information content (AvgIpc) is 1.77. The van der Waals surface area contributed by atoms with Crippen molar-refractivity contribution in [2.45, 2.75) is 0 Å². The first-order valence-corrected chi connectivity index (χ1v) is 2.47. The van der Waals surface area contributed by atoms with Gasteiger partial charge in [0.25, 0.3) is 0 Å². The van der Waals surface area contributed by atoms with Gasteiger partial charge in [-0.05, 0) is 18.6 Å². The summed E-state index contributed by atoms with van der Waals surface area (Å²) in [6.07, 6.45) is 1.55. The highest BCUT2D eigenvalue weighted by atomic mass is 35.5. The monoisotopic (exact) mass is 127 g/mol. The van der Waals surface area contributed by atoms with Crippen LogP contribution >= 0.6 is 11.6 Å². The molecule has 1 aromatic heterocycles. The lowest BCUT2D eigenvalue weighted by Gasteiger charge is -1.88. The van der Waals surface area contributed by atoms with Crippen molar-refractivity contribution >= 4 is 11.6 Å². The van der Waals surface area contributed by atoms with Crippen molar-refractivity contribution in [3.63, 3.8) is 0 Å². The van der Waals surface area contributed by atoms with Crippen LogP contribution in [0.15, 0.2) is 12.3 Å². The van der Waals surface area contributed by atoms with Crippen LogP contribution in [0.2, 0.25) is 5.15 Å². The first kappa shape index (κ1) is 5.51. The molecule has 0 N–H and O–H groups in total. The molecule has 0 fully saturated rings. The predicted octanol–water partition coefficient (Wildman–Crippen LogP) is 1.31. The minimum Gasteiger partial charge on any atom is -0.158 e. The predicted molar refractivity (Wildman–Crippen MR) is 31.5 cm³/mol. The summed E-state index contributed by atoms with van der Waals surface area (Å²) in [5.74, 6) is 0. The fourth-order valence-electron chi connectivity index (χ4n) is 0.340. The van der Waals surface area contributed by atoms with Crippen molar-refractivity contribution in [3.05, 3.63) is 29.9 Å². The third-order valence-corrected chi connectivity index (χ3v) is 1.07. The smallest absolute Gasteiger partial charge is 0.154 e. The molecule has 41 valence electrons. The van der Waals surface area contributed by atoms with E-state index >= 15 is 0 Å². The summed E-state index contributed by atoms with van der Waals surface area (Å²) >= 11 is 5.47. The highest BCUT2D eigenvalue weighted by Crippen LogP contribution is 2.06. The molecule has 0 aliphatic rings. The number of hydrogen-bond acceptors (Lipinski definition) is 2. The highest BCUT2D eigenvalue weighted by molar-refractivity contribution is 6.30. The van der Waals surface area contributed by atoms with Crippen LogP contribution in [0.3, 0.4) is 0 Å². The summed E-state index contributed by atoms with van der Waals surface area (Å²) < 4.78 is 0. The van der Waals surface area contributed by atoms with Gasteiger partial charge >= 0.3 is 0 Å². The number of aromatic nitrogens is 2. The van der Waals surface area contributed by atoms with Crippen molar-refractivity contribution in [1.82, 2.24) is 10.2 Å². The summed E-state index contributed by atoms with van der Waals surface area (Å²) in [4.78, 5) is 0. The van der Waals surface area contributed by atoms with Crippen molar-refractivity contribution in [2.24, 2.45) is 0 Å². The van der Waals surface area contributed by atoms with E-state index in [1.807, 2.05) is 0 Å². The molecule has 0 aliphatic carbocycles. The molecule has 0 aromatic carbocycles. The lowest BCUT2D eigenvalue weighted by Crippen LogP contribution is -1.81. The minimum atomic E-state index is 0.368. The van der Waals surface area contributed by atoms with Crippen LogP contribution in [0.25, 0.3) is 0 Å². The van der Waals surface area contributed by atoms with E-state index in [1.165, 1.54) is 0 Å². The molecule has 0 saturated carbocycles. The van der Waals surface area contributed by atoms with Gasteiger partial charge < -0.3 is 0 Å². The molecule has 1 rings (SSSR count). The summed E-state index contributed by atoms with van der Waals surface area (Å²) in [6, 6.07) is 1.70. The van der Waals surface area contributed by atoms with Gasteiger partial charge in [-0.3, -0.25) is 0 Å². The maximum absolute atomic E-state index is 5.47. The van der Waals surface area contributed by atoms with Crippen LogP contribution in [0, 0.1) is 6.92 Å². The van der Waals surface area contributed by atoms with Gasteiger partial charge in [0.2, 0.25) is 0 Å². The van der Waals surface area contributed by atoms with Crippen LogP contribution in [0.4, 0.5) is 0 Å². The molecule has 0 bridgehead atoms. The fraction of sp³-hybridized carbons (Fsp3) is 0. The molecule has 8 heavy (non-hydrogen) atoms. The van der Waals surface area contributed by atoms with E-state index in [1.54, 1.807) is 12.3 Å². The van der Waals surface area contributed by atoms with Gasteiger partial charge in [0.1, 0.15) is 0 Å². The van der Waals surface area contributed by atoms with Crippen molar-refractivity contribution < 1.29 is 0 Å². The molecule has 1 radical (unpaired) electrons. The van der Waals surface area contributed by atoms with Gasteiger partial charge in [-0.2, -0.15) is 5.10 Å². The van der Waals surface area contributed by atoms with Gasteiger partial charge in [-0.25, -0.2) is 0 Å². The van der Waals surface area contributed by atoms with Gasteiger partial charge in [-0.15, -0.1) is 5.10 Å². The molecule has 3 heteroatoms. The van der Waals surface area contributed by atoms with Crippen molar-refractivity contribution in [3.8, 4) is 0 Å². The Kier molecular flexibility index (Phi) is 1.44. The SMILES string of the molecule is [CH2]c1ccnnc1Cl. The molecule has 0 unspecified atom stereocenters. The molecule has 0 aliphatic heterocycles. The normalized spacial score (nSPS) is 9.25. The van der Waals surface area contributed by atoms with E-state index in [2.05, 4.69) is 17.1 Å². The zero-order valence-corrected chi connectivity index (χ0v) is 4.89. The minimum absolute atomic E-state index is 0.368. The van der Waals surface area contributed by atoms with Crippen LogP contribution in [-0.4, -0.2) is 10.2 Å². The van der Waals surface area contributed by atoms with E-state index in [0.29, 0.717) is 10.7 Å². The second-order valence-corrected chi connectivity index (χ2v) is 1.71. The lowest BCUT2D eigenvalue weighted by molar-refractivity contribution is 1.02. The molecule has 2 nitrogen and oxygen atoms in total.